The highest BCUT2D eigenvalue weighted by molar-refractivity contribution is 14.1. The van der Waals surface area contributed by atoms with Gasteiger partial charge in [0.15, 0.2) is 0 Å². The van der Waals surface area contributed by atoms with Gasteiger partial charge in [-0.25, -0.2) is 0 Å². The largest absolute Gasteiger partial charge is 0.489 e. The standard InChI is InChI=1S/C10H12INO/c1-2-8-10(11)9(5-6-12-8)13-7-3-4-7/h5-7H,2-4H2,1H3. The summed E-state index contributed by atoms with van der Waals surface area (Å²) in [6.45, 7) is 2.12. The molecule has 0 amide bonds. The van der Waals surface area contributed by atoms with Gasteiger partial charge in [-0.3, -0.25) is 4.98 Å². The predicted molar refractivity (Wildman–Crippen MR) is 60.0 cm³/mol. The lowest BCUT2D eigenvalue weighted by molar-refractivity contribution is 0.300. The monoisotopic (exact) mass is 289 g/mol. The molecule has 1 heterocycles. The summed E-state index contributed by atoms with van der Waals surface area (Å²) in [7, 11) is 0. The molecule has 0 aromatic carbocycles. The fraction of sp³-hybridized carbons (Fsp3) is 0.500. The van der Waals surface area contributed by atoms with E-state index < -0.39 is 0 Å². The summed E-state index contributed by atoms with van der Waals surface area (Å²) < 4.78 is 6.93. The van der Waals surface area contributed by atoms with Crippen molar-refractivity contribution in [3.63, 3.8) is 0 Å². The average Bonchev–Trinajstić information content (AvgIpc) is 2.92. The number of halogens is 1. The highest BCUT2D eigenvalue weighted by Gasteiger charge is 2.24. The first kappa shape index (κ1) is 9.24. The molecule has 70 valence electrons. The Hall–Kier alpha value is -0.320. The number of ether oxygens (including phenoxy) is 1. The first-order valence-corrected chi connectivity index (χ1v) is 5.69. The van der Waals surface area contributed by atoms with Gasteiger partial charge in [0.25, 0.3) is 0 Å². The van der Waals surface area contributed by atoms with Crippen molar-refractivity contribution in [2.24, 2.45) is 0 Å². The minimum Gasteiger partial charge on any atom is -0.489 e. The summed E-state index contributed by atoms with van der Waals surface area (Å²) in [6.07, 6.45) is 5.69. The van der Waals surface area contributed by atoms with E-state index in [1.54, 1.807) is 0 Å². The first-order chi connectivity index (χ1) is 6.31. The Morgan fingerprint density at radius 3 is 3.00 bits per heavy atom. The molecule has 2 nitrogen and oxygen atoms in total. The quantitative estimate of drug-likeness (QED) is 0.798. The molecule has 1 aliphatic carbocycles. The molecule has 0 N–H and O–H groups in total. The zero-order valence-electron chi connectivity index (χ0n) is 7.59. The van der Waals surface area contributed by atoms with Crippen LogP contribution in [0.2, 0.25) is 0 Å². The van der Waals surface area contributed by atoms with Crippen molar-refractivity contribution in [1.29, 1.82) is 0 Å². The Bertz CT molecular complexity index is 310. The van der Waals surface area contributed by atoms with Crippen LogP contribution in [0, 0.1) is 3.57 Å². The minimum atomic E-state index is 0.473. The van der Waals surface area contributed by atoms with Crippen molar-refractivity contribution in [1.82, 2.24) is 4.98 Å². The summed E-state index contributed by atoms with van der Waals surface area (Å²) in [5, 5.41) is 0. The number of hydrogen-bond donors (Lipinski definition) is 0. The van der Waals surface area contributed by atoms with E-state index in [9.17, 15) is 0 Å². The molecule has 1 fully saturated rings. The number of hydrogen-bond acceptors (Lipinski definition) is 2. The molecule has 1 aliphatic rings. The molecule has 1 aromatic heterocycles. The maximum absolute atomic E-state index is 5.75. The molecule has 0 aliphatic heterocycles. The summed E-state index contributed by atoms with van der Waals surface area (Å²) in [6, 6.07) is 1.96. The van der Waals surface area contributed by atoms with Crippen molar-refractivity contribution in [2.75, 3.05) is 0 Å². The number of rotatable bonds is 3. The Morgan fingerprint density at radius 1 is 1.62 bits per heavy atom. The number of aryl methyl sites for hydroxylation is 1. The highest BCUT2D eigenvalue weighted by Crippen LogP contribution is 2.30. The average molecular weight is 289 g/mol. The summed E-state index contributed by atoms with van der Waals surface area (Å²) in [4.78, 5) is 4.30. The maximum Gasteiger partial charge on any atom is 0.136 e. The van der Waals surface area contributed by atoms with Gasteiger partial charge in [0.05, 0.1) is 15.4 Å². The molecule has 2 rings (SSSR count). The second-order valence-electron chi connectivity index (χ2n) is 3.24. The maximum atomic E-state index is 5.75. The number of nitrogens with zero attached hydrogens (tertiary/aromatic N) is 1. The van der Waals surface area contributed by atoms with Gasteiger partial charge in [-0.2, -0.15) is 0 Å². The Balaban J connectivity index is 2.22. The van der Waals surface area contributed by atoms with Gasteiger partial charge in [0.2, 0.25) is 0 Å². The van der Waals surface area contributed by atoms with Gasteiger partial charge in [0.1, 0.15) is 5.75 Å². The molecule has 0 radical (unpaired) electrons. The normalized spacial score (nSPS) is 15.8. The third-order valence-electron chi connectivity index (χ3n) is 2.08. The Labute approximate surface area is 91.8 Å². The third-order valence-corrected chi connectivity index (χ3v) is 3.23. The van der Waals surface area contributed by atoms with Crippen molar-refractivity contribution >= 4 is 22.6 Å². The van der Waals surface area contributed by atoms with Crippen LogP contribution in [0.3, 0.4) is 0 Å². The van der Waals surface area contributed by atoms with Crippen LogP contribution in [0.4, 0.5) is 0 Å². The SMILES string of the molecule is CCc1nccc(OC2CC2)c1I. The topological polar surface area (TPSA) is 22.1 Å². The highest BCUT2D eigenvalue weighted by atomic mass is 127. The second-order valence-corrected chi connectivity index (χ2v) is 4.32. The summed E-state index contributed by atoms with van der Waals surface area (Å²) in [5.41, 5.74) is 1.14. The molecule has 0 unspecified atom stereocenters. The molecular weight excluding hydrogens is 277 g/mol. The van der Waals surface area contributed by atoms with Crippen LogP contribution in [-0.4, -0.2) is 11.1 Å². The minimum absolute atomic E-state index is 0.473. The van der Waals surface area contributed by atoms with E-state index in [1.165, 1.54) is 16.4 Å². The van der Waals surface area contributed by atoms with E-state index in [2.05, 4.69) is 34.5 Å². The fourth-order valence-electron chi connectivity index (χ4n) is 1.17. The number of pyridine rings is 1. The van der Waals surface area contributed by atoms with Gasteiger partial charge in [-0.15, -0.1) is 0 Å². The summed E-state index contributed by atoms with van der Waals surface area (Å²) in [5.74, 6) is 1.01. The van der Waals surface area contributed by atoms with Gasteiger partial charge < -0.3 is 4.74 Å². The lowest BCUT2D eigenvalue weighted by Crippen LogP contribution is -2.01. The van der Waals surface area contributed by atoms with Crippen molar-refractivity contribution < 1.29 is 4.74 Å². The third kappa shape index (κ3) is 2.13. The number of aromatic nitrogens is 1. The van der Waals surface area contributed by atoms with Crippen molar-refractivity contribution in [3.05, 3.63) is 21.5 Å². The first-order valence-electron chi connectivity index (χ1n) is 4.61. The van der Waals surface area contributed by atoms with Crippen LogP contribution in [0.25, 0.3) is 0 Å². The van der Waals surface area contributed by atoms with E-state index in [-0.39, 0.29) is 0 Å². The zero-order valence-corrected chi connectivity index (χ0v) is 9.74. The molecule has 0 atom stereocenters. The van der Waals surface area contributed by atoms with Gasteiger partial charge in [-0.1, -0.05) is 6.92 Å². The molecular formula is C10H12INO. The zero-order chi connectivity index (χ0) is 9.26. The fourth-order valence-corrected chi connectivity index (χ4v) is 2.00. The van der Waals surface area contributed by atoms with E-state index in [0.29, 0.717) is 6.10 Å². The molecule has 0 spiro atoms. The Morgan fingerprint density at radius 2 is 2.38 bits per heavy atom. The van der Waals surface area contributed by atoms with E-state index in [4.69, 9.17) is 4.74 Å². The van der Waals surface area contributed by atoms with Crippen LogP contribution >= 0.6 is 22.6 Å². The molecule has 1 aromatic rings. The van der Waals surface area contributed by atoms with Crippen molar-refractivity contribution in [2.45, 2.75) is 32.3 Å². The molecule has 13 heavy (non-hydrogen) atoms. The molecule has 3 heteroatoms. The second kappa shape index (κ2) is 3.82. The van der Waals surface area contributed by atoms with Crippen LogP contribution in [0.1, 0.15) is 25.5 Å². The van der Waals surface area contributed by atoms with Crippen LogP contribution in [-0.2, 0) is 6.42 Å². The van der Waals surface area contributed by atoms with E-state index in [0.717, 1.165) is 17.9 Å². The lowest BCUT2D eigenvalue weighted by Gasteiger charge is -2.08. The van der Waals surface area contributed by atoms with Crippen LogP contribution < -0.4 is 4.74 Å². The molecule has 1 saturated carbocycles. The molecule has 0 saturated heterocycles. The van der Waals surface area contributed by atoms with Crippen LogP contribution in [0.15, 0.2) is 12.3 Å². The smallest absolute Gasteiger partial charge is 0.136 e. The van der Waals surface area contributed by atoms with Gasteiger partial charge in [-0.05, 0) is 47.9 Å². The van der Waals surface area contributed by atoms with Gasteiger partial charge >= 0.3 is 0 Å². The van der Waals surface area contributed by atoms with Crippen LogP contribution in [0.5, 0.6) is 5.75 Å². The van der Waals surface area contributed by atoms with E-state index >= 15 is 0 Å². The van der Waals surface area contributed by atoms with E-state index in [1.807, 2.05) is 12.3 Å². The molecule has 0 bridgehead atoms. The predicted octanol–water partition coefficient (Wildman–Crippen LogP) is 2.79. The summed E-state index contributed by atoms with van der Waals surface area (Å²) >= 11 is 2.31. The van der Waals surface area contributed by atoms with Gasteiger partial charge in [0, 0.05) is 6.20 Å². The Kier molecular flexibility index (Phi) is 2.71. The van der Waals surface area contributed by atoms with Crippen molar-refractivity contribution in [3.8, 4) is 5.75 Å². The lowest BCUT2D eigenvalue weighted by atomic mass is 10.3.